The van der Waals surface area contributed by atoms with Crippen molar-refractivity contribution in [3.05, 3.63) is 29.3 Å². The van der Waals surface area contributed by atoms with E-state index < -0.39 is 18.9 Å². The van der Waals surface area contributed by atoms with Crippen molar-refractivity contribution in [1.82, 2.24) is 0 Å². The van der Waals surface area contributed by atoms with Crippen LogP contribution < -0.4 is 5.46 Å². The van der Waals surface area contributed by atoms with Crippen LogP contribution in [0.1, 0.15) is 25.0 Å². The molecule has 1 aromatic rings. The lowest BCUT2D eigenvalue weighted by Gasteiger charge is -2.34. The molecule has 0 atom stereocenters. The van der Waals surface area contributed by atoms with E-state index >= 15 is 0 Å². The molecule has 1 saturated heterocycles. The van der Waals surface area contributed by atoms with E-state index in [0.717, 1.165) is 6.07 Å². The van der Waals surface area contributed by atoms with Crippen LogP contribution in [0.5, 0.6) is 0 Å². The summed E-state index contributed by atoms with van der Waals surface area (Å²) >= 11 is 0. The molecule has 3 nitrogen and oxygen atoms in total. The highest BCUT2D eigenvalue weighted by Gasteiger charge is 2.42. The van der Waals surface area contributed by atoms with Gasteiger partial charge in [0.1, 0.15) is 0 Å². The molecule has 106 valence electrons. The van der Waals surface area contributed by atoms with Crippen LogP contribution in [0.15, 0.2) is 18.2 Å². The van der Waals surface area contributed by atoms with Crippen molar-refractivity contribution in [2.24, 2.45) is 5.41 Å². The predicted octanol–water partition coefficient (Wildman–Crippen LogP) is 2.35. The molecule has 1 aliphatic heterocycles. The van der Waals surface area contributed by atoms with Gasteiger partial charge in [-0.3, -0.25) is 0 Å². The highest BCUT2D eigenvalue weighted by atomic mass is 19.4. The number of rotatable bonds is 1. The summed E-state index contributed by atoms with van der Waals surface area (Å²) in [5.74, 6) is 0. The molecule has 1 aromatic carbocycles. The second kappa shape index (κ2) is 5.11. The van der Waals surface area contributed by atoms with E-state index in [1.54, 1.807) is 6.07 Å². The minimum absolute atomic E-state index is 0.0791. The summed E-state index contributed by atoms with van der Waals surface area (Å²) in [5, 5.41) is 9.01. The van der Waals surface area contributed by atoms with Gasteiger partial charge in [0.25, 0.3) is 0 Å². The van der Waals surface area contributed by atoms with Crippen molar-refractivity contribution in [3.63, 3.8) is 0 Å². The first-order chi connectivity index (χ1) is 9.24. The molecule has 0 saturated carbocycles. The lowest BCUT2D eigenvalue weighted by atomic mass is 9.71. The van der Waals surface area contributed by atoms with Crippen molar-refractivity contribution < 1.29 is 22.5 Å². The lowest BCUT2D eigenvalue weighted by molar-refractivity contribution is -0.137. The summed E-state index contributed by atoms with van der Waals surface area (Å²) in [6.45, 7) is 4.33. The molecule has 0 bridgehead atoms. The molecular weight excluding hydrogens is 270 g/mol. The molecule has 20 heavy (non-hydrogen) atoms. The zero-order chi connectivity index (χ0) is 15.0. The molecule has 0 N–H and O–H groups in total. The van der Waals surface area contributed by atoms with Crippen molar-refractivity contribution >= 4 is 12.6 Å². The molecule has 0 radical (unpaired) electrons. The highest BCUT2D eigenvalue weighted by Crippen LogP contribution is 2.30. The molecule has 0 aromatic heterocycles. The van der Waals surface area contributed by atoms with Crippen molar-refractivity contribution in [3.8, 4) is 6.07 Å². The fourth-order valence-corrected chi connectivity index (χ4v) is 2.02. The van der Waals surface area contributed by atoms with Crippen molar-refractivity contribution in [2.75, 3.05) is 13.2 Å². The van der Waals surface area contributed by atoms with Crippen LogP contribution in [0, 0.1) is 16.7 Å². The molecule has 1 fully saturated rings. The number of hydrogen-bond acceptors (Lipinski definition) is 3. The summed E-state index contributed by atoms with van der Waals surface area (Å²) in [6, 6.07) is 5.24. The minimum Gasteiger partial charge on any atom is -0.407 e. The molecule has 0 spiro atoms. The molecule has 1 aliphatic rings. The van der Waals surface area contributed by atoms with Gasteiger partial charge in [-0.1, -0.05) is 26.0 Å². The summed E-state index contributed by atoms with van der Waals surface area (Å²) in [7, 11) is -1.16. The number of hydrogen-bond donors (Lipinski definition) is 0. The van der Waals surface area contributed by atoms with E-state index in [9.17, 15) is 13.2 Å². The summed E-state index contributed by atoms with van der Waals surface area (Å²) in [6.07, 6.45) is -4.55. The van der Waals surface area contributed by atoms with Gasteiger partial charge >= 0.3 is 13.3 Å². The van der Waals surface area contributed by atoms with Crippen LogP contribution >= 0.6 is 0 Å². The van der Waals surface area contributed by atoms with E-state index in [-0.39, 0.29) is 29.7 Å². The van der Waals surface area contributed by atoms with Crippen LogP contribution in [0.25, 0.3) is 0 Å². The molecule has 0 amide bonds. The first kappa shape index (κ1) is 14.9. The first-order valence-corrected chi connectivity index (χ1v) is 6.08. The Morgan fingerprint density at radius 3 is 2.35 bits per heavy atom. The highest BCUT2D eigenvalue weighted by molar-refractivity contribution is 6.62. The third-order valence-corrected chi connectivity index (χ3v) is 3.02. The van der Waals surface area contributed by atoms with Gasteiger partial charge in [-0.2, -0.15) is 18.4 Å². The molecule has 0 unspecified atom stereocenters. The average molecular weight is 283 g/mol. The Morgan fingerprint density at radius 2 is 1.85 bits per heavy atom. The fourth-order valence-electron chi connectivity index (χ4n) is 2.02. The Bertz CT molecular complexity index is 542. The summed E-state index contributed by atoms with van der Waals surface area (Å²) in [4.78, 5) is 0. The first-order valence-electron chi connectivity index (χ1n) is 6.08. The van der Waals surface area contributed by atoms with Gasteiger partial charge in [0.05, 0.1) is 17.2 Å². The molecule has 2 rings (SSSR count). The average Bonchev–Trinajstić information content (AvgIpc) is 2.37. The van der Waals surface area contributed by atoms with Crippen LogP contribution in [0.4, 0.5) is 13.2 Å². The number of benzene rings is 1. The zero-order valence-electron chi connectivity index (χ0n) is 11.1. The van der Waals surface area contributed by atoms with Gasteiger partial charge in [0.15, 0.2) is 0 Å². The standard InChI is InChI=1S/C13H13BF3NO2/c1-12(2)7-19-14(20-8-12)11-9(6-18)4-3-5-10(11)13(15,16)17/h3-5H,7-8H2,1-2H3. The quantitative estimate of drug-likeness (QED) is 0.743. The topological polar surface area (TPSA) is 42.2 Å². The minimum atomic E-state index is -4.55. The molecular formula is C13H13BF3NO2. The van der Waals surface area contributed by atoms with Crippen LogP contribution in [0.2, 0.25) is 0 Å². The SMILES string of the molecule is CC1(C)COB(c2c(C#N)cccc2C(F)(F)F)OC1. The molecule has 1 heterocycles. The number of nitriles is 1. The summed E-state index contributed by atoms with van der Waals surface area (Å²) < 4.78 is 49.9. The number of alkyl halides is 3. The van der Waals surface area contributed by atoms with Gasteiger partial charge in [-0.05, 0) is 6.07 Å². The van der Waals surface area contributed by atoms with Crippen molar-refractivity contribution in [1.29, 1.82) is 5.26 Å². The van der Waals surface area contributed by atoms with Crippen molar-refractivity contribution in [2.45, 2.75) is 20.0 Å². The Balaban J connectivity index is 2.43. The smallest absolute Gasteiger partial charge is 0.407 e. The maximum Gasteiger partial charge on any atom is 0.495 e. The van der Waals surface area contributed by atoms with E-state index in [1.807, 2.05) is 13.8 Å². The molecule has 0 aliphatic carbocycles. The maximum atomic E-state index is 13.1. The Labute approximate surface area is 115 Å². The number of halogens is 3. The predicted molar refractivity (Wildman–Crippen MR) is 67.2 cm³/mol. The Kier molecular flexibility index (Phi) is 3.81. The van der Waals surface area contributed by atoms with Crippen LogP contribution in [0.3, 0.4) is 0 Å². The van der Waals surface area contributed by atoms with E-state index in [4.69, 9.17) is 14.6 Å². The third-order valence-electron chi connectivity index (χ3n) is 3.02. The summed E-state index contributed by atoms with van der Waals surface area (Å²) in [5.41, 5.74) is -1.46. The normalized spacial score (nSPS) is 18.7. The number of nitrogens with zero attached hydrogens (tertiary/aromatic N) is 1. The third kappa shape index (κ3) is 2.97. The largest absolute Gasteiger partial charge is 0.495 e. The Hall–Kier alpha value is -1.52. The molecule has 7 heteroatoms. The van der Waals surface area contributed by atoms with E-state index in [0.29, 0.717) is 0 Å². The Morgan fingerprint density at radius 1 is 1.25 bits per heavy atom. The van der Waals surface area contributed by atoms with Gasteiger partial charge < -0.3 is 9.31 Å². The lowest BCUT2D eigenvalue weighted by Crippen LogP contribution is -2.50. The van der Waals surface area contributed by atoms with Gasteiger partial charge in [0.2, 0.25) is 0 Å². The second-order valence-electron chi connectivity index (χ2n) is 5.49. The van der Waals surface area contributed by atoms with Gasteiger partial charge in [0, 0.05) is 24.1 Å². The maximum absolute atomic E-state index is 13.1. The monoisotopic (exact) mass is 283 g/mol. The van der Waals surface area contributed by atoms with E-state index in [1.165, 1.54) is 12.1 Å². The van der Waals surface area contributed by atoms with E-state index in [2.05, 4.69) is 0 Å². The zero-order valence-corrected chi connectivity index (χ0v) is 11.1. The second-order valence-corrected chi connectivity index (χ2v) is 5.49. The van der Waals surface area contributed by atoms with Crippen LogP contribution in [-0.4, -0.2) is 20.3 Å². The van der Waals surface area contributed by atoms with Crippen LogP contribution in [-0.2, 0) is 15.5 Å². The fraction of sp³-hybridized carbons (Fsp3) is 0.462. The van der Waals surface area contributed by atoms with Gasteiger partial charge in [-0.15, -0.1) is 0 Å². The van der Waals surface area contributed by atoms with Gasteiger partial charge in [-0.25, -0.2) is 0 Å².